The molecule has 3 aromatic carbocycles. The van der Waals surface area contributed by atoms with E-state index in [9.17, 15) is 19.2 Å². The number of hydrogen-bond acceptors (Lipinski definition) is 8. The molecule has 5 aromatic rings. The largest absolute Gasteiger partial charge is 0.494 e. The molecule has 15 heteroatoms. The fourth-order valence-corrected chi connectivity index (χ4v) is 9.25. The van der Waals surface area contributed by atoms with Gasteiger partial charge in [-0.2, -0.15) is 5.10 Å². The predicted octanol–water partition coefficient (Wildman–Crippen LogP) is 6.57. The predicted molar refractivity (Wildman–Crippen MR) is 218 cm³/mol. The third-order valence-electron chi connectivity index (χ3n) is 12.0. The van der Waals surface area contributed by atoms with Crippen molar-refractivity contribution in [2.75, 3.05) is 44.0 Å². The number of halogens is 2. The number of methoxy groups -OCH3 is 1. The van der Waals surface area contributed by atoms with Crippen LogP contribution in [0.5, 0.6) is 5.75 Å². The normalized spacial score (nSPS) is 20.9. The van der Waals surface area contributed by atoms with Crippen molar-refractivity contribution >= 4 is 74.2 Å². The molecule has 1 aliphatic carbocycles. The van der Waals surface area contributed by atoms with Crippen molar-refractivity contribution in [2.24, 2.45) is 13.0 Å². The molecule has 2 aromatic heterocycles. The first-order valence-electron chi connectivity index (χ1n) is 19.3. The third kappa shape index (κ3) is 7.28. The molecule has 13 nitrogen and oxygen atoms in total. The van der Waals surface area contributed by atoms with Crippen LogP contribution in [-0.2, 0) is 16.6 Å². The van der Waals surface area contributed by atoms with Crippen LogP contribution in [0.1, 0.15) is 73.8 Å². The second-order valence-electron chi connectivity index (χ2n) is 15.5. The highest BCUT2D eigenvalue weighted by Gasteiger charge is 2.33. The van der Waals surface area contributed by atoms with Crippen LogP contribution >= 0.6 is 23.2 Å². The number of fused-ring (bicyclic) bond motifs is 2. The summed E-state index contributed by atoms with van der Waals surface area (Å²) in [6.07, 6.45) is 8.97. The fourth-order valence-electron chi connectivity index (χ4n) is 8.96. The van der Waals surface area contributed by atoms with Crippen LogP contribution < -0.4 is 26.0 Å². The lowest BCUT2D eigenvalue weighted by molar-refractivity contribution is -0.135. The van der Waals surface area contributed by atoms with Crippen molar-refractivity contribution in [3.8, 4) is 5.75 Å². The Morgan fingerprint density at radius 1 is 0.982 bits per heavy atom. The van der Waals surface area contributed by atoms with E-state index in [0.717, 1.165) is 85.8 Å². The van der Waals surface area contributed by atoms with Crippen LogP contribution in [0.2, 0.25) is 10.0 Å². The van der Waals surface area contributed by atoms with Crippen LogP contribution in [0.15, 0.2) is 59.5 Å². The number of ether oxygens (including phenoxy) is 1. The van der Waals surface area contributed by atoms with Crippen LogP contribution in [-0.4, -0.2) is 81.4 Å². The molecule has 1 saturated carbocycles. The Hall–Kier alpha value is -4.85. The monoisotopic (exact) mass is 800 g/mol. The molecule has 1 atom stereocenters. The number of benzene rings is 3. The average Bonchev–Trinajstić information content (AvgIpc) is 3.73. The van der Waals surface area contributed by atoms with E-state index in [4.69, 9.17) is 33.0 Å². The minimum absolute atomic E-state index is 0.216. The van der Waals surface area contributed by atoms with Gasteiger partial charge in [-0.05, 0) is 94.3 Å². The lowest BCUT2D eigenvalue weighted by Gasteiger charge is -2.40. The Morgan fingerprint density at radius 3 is 2.46 bits per heavy atom. The summed E-state index contributed by atoms with van der Waals surface area (Å²) >= 11 is 12.2. The molecular weight excluding hydrogens is 755 g/mol. The number of hydrogen-bond donors (Lipinski definition) is 2. The molecule has 8 rings (SSSR count). The number of carbonyl (C=O) groups is 3. The van der Waals surface area contributed by atoms with Crippen LogP contribution in [0.3, 0.4) is 0 Å². The quantitative estimate of drug-likeness (QED) is 0.160. The molecule has 1 unspecified atom stereocenters. The van der Waals surface area contributed by atoms with Gasteiger partial charge in [-0.3, -0.25) is 33.5 Å². The summed E-state index contributed by atoms with van der Waals surface area (Å²) in [4.78, 5) is 55.9. The van der Waals surface area contributed by atoms with E-state index in [1.54, 1.807) is 41.5 Å². The molecule has 294 valence electrons. The number of nitrogens with one attached hydrogen (secondary N) is 2. The zero-order valence-electron chi connectivity index (χ0n) is 31.8. The lowest BCUT2D eigenvalue weighted by atomic mass is 9.85. The van der Waals surface area contributed by atoms with Gasteiger partial charge in [0.1, 0.15) is 11.8 Å². The number of piperidine rings is 2. The van der Waals surface area contributed by atoms with Gasteiger partial charge in [0.25, 0.3) is 5.91 Å². The Bertz CT molecular complexity index is 2390. The maximum atomic E-state index is 13.5. The minimum atomic E-state index is -0.700. The van der Waals surface area contributed by atoms with Gasteiger partial charge in [0.2, 0.25) is 11.8 Å². The number of imidazole rings is 1. The van der Waals surface area contributed by atoms with E-state index in [1.165, 1.54) is 0 Å². The van der Waals surface area contributed by atoms with Crippen molar-refractivity contribution in [1.29, 1.82) is 0 Å². The number of rotatable bonds is 9. The minimum Gasteiger partial charge on any atom is -0.494 e. The molecule has 56 heavy (non-hydrogen) atoms. The highest BCUT2D eigenvalue weighted by Crippen LogP contribution is 2.37. The Kier molecular flexibility index (Phi) is 10.6. The maximum absolute atomic E-state index is 13.5. The standard InChI is InChI=1S/C41H46Cl2N8O5/c1-47(27-15-17-49(18-16-27)33-5-4-6-34-38(33)48(2)41(55)51(34)35-13-14-37(52)45-40(35)54)22-24-7-10-28(11-8-24)50-23-26-20-32(36(56-3)21-31(26)46-50)44-39(53)25-9-12-29(42)30(43)19-25/h4-6,9,12,19-21,23-24,27-28,35H,7-8,10-11,13-18,22H2,1-3H3,(H,44,53)(H,45,52,54)/t24-,28-,35?. The number of anilines is 2. The third-order valence-corrected chi connectivity index (χ3v) is 12.8. The highest BCUT2D eigenvalue weighted by molar-refractivity contribution is 6.42. The number of carbonyl (C=O) groups excluding carboxylic acids is 3. The zero-order valence-corrected chi connectivity index (χ0v) is 33.3. The SMILES string of the molecule is COc1cc2nn([C@H]3CC[C@H](CN(C)C4CCN(c5cccc6c5n(C)c(=O)n6C5CCC(=O)NC5=O)CC4)CC3)cc2cc1NC(=O)c1ccc(Cl)c(Cl)c1. The molecule has 2 N–H and O–H groups in total. The van der Waals surface area contributed by atoms with E-state index in [2.05, 4.69) is 44.4 Å². The molecule has 0 spiro atoms. The molecule has 3 amide bonds. The van der Waals surface area contributed by atoms with Gasteiger partial charge in [-0.15, -0.1) is 0 Å². The number of nitrogens with zero attached hydrogens (tertiary/aromatic N) is 6. The molecule has 2 saturated heterocycles. The van der Waals surface area contributed by atoms with Gasteiger partial charge in [0.05, 0.1) is 51.1 Å². The van der Waals surface area contributed by atoms with Crippen LogP contribution in [0.25, 0.3) is 21.9 Å². The van der Waals surface area contributed by atoms with Gasteiger partial charge in [-0.25, -0.2) is 4.79 Å². The van der Waals surface area contributed by atoms with E-state index < -0.39 is 11.9 Å². The molecule has 0 radical (unpaired) electrons. The van der Waals surface area contributed by atoms with E-state index >= 15 is 0 Å². The van der Waals surface area contributed by atoms with Crippen LogP contribution in [0, 0.1) is 5.92 Å². The summed E-state index contributed by atoms with van der Waals surface area (Å²) in [6.45, 7) is 2.80. The molecular formula is C41H46Cl2N8O5. The van der Waals surface area contributed by atoms with Crippen molar-refractivity contribution in [3.63, 3.8) is 0 Å². The Balaban J connectivity index is 0.867. The molecule has 3 fully saturated rings. The number of aromatic nitrogens is 4. The Labute approximate surface area is 334 Å². The smallest absolute Gasteiger partial charge is 0.329 e. The molecule has 0 bridgehead atoms. The van der Waals surface area contributed by atoms with Gasteiger partial charge in [-0.1, -0.05) is 29.3 Å². The summed E-state index contributed by atoms with van der Waals surface area (Å²) in [5, 5.41) is 11.9. The maximum Gasteiger partial charge on any atom is 0.329 e. The van der Waals surface area contributed by atoms with E-state index in [1.807, 2.05) is 24.3 Å². The summed E-state index contributed by atoms with van der Waals surface area (Å²) in [7, 11) is 5.59. The summed E-state index contributed by atoms with van der Waals surface area (Å²) in [5.41, 5.74) is 4.06. The number of imide groups is 1. The van der Waals surface area contributed by atoms with Crippen molar-refractivity contribution in [2.45, 2.75) is 69.5 Å². The first-order chi connectivity index (χ1) is 27.0. The second-order valence-corrected chi connectivity index (χ2v) is 16.3. The van der Waals surface area contributed by atoms with Crippen molar-refractivity contribution in [1.82, 2.24) is 29.1 Å². The van der Waals surface area contributed by atoms with Gasteiger partial charge in [0.15, 0.2) is 0 Å². The van der Waals surface area contributed by atoms with E-state index in [0.29, 0.717) is 51.5 Å². The van der Waals surface area contributed by atoms with Gasteiger partial charge >= 0.3 is 5.69 Å². The topological polar surface area (TPSA) is 136 Å². The summed E-state index contributed by atoms with van der Waals surface area (Å²) in [5.74, 6) is 0.105. The fraction of sp³-hybridized carbons (Fsp3) is 0.439. The van der Waals surface area contributed by atoms with Crippen LogP contribution in [0.4, 0.5) is 11.4 Å². The first-order valence-corrected chi connectivity index (χ1v) is 20.1. The number of aryl methyl sites for hydroxylation is 1. The summed E-state index contributed by atoms with van der Waals surface area (Å²) in [6, 6.07) is 14.5. The number of para-hydroxylation sites is 1. The van der Waals surface area contributed by atoms with Gasteiger partial charge < -0.3 is 19.9 Å². The second kappa shape index (κ2) is 15.6. The zero-order chi connectivity index (χ0) is 39.2. The van der Waals surface area contributed by atoms with Crippen molar-refractivity contribution in [3.05, 3.63) is 80.8 Å². The highest BCUT2D eigenvalue weighted by atomic mass is 35.5. The molecule has 2 aliphatic heterocycles. The molecule has 3 aliphatic rings. The van der Waals surface area contributed by atoms with Crippen molar-refractivity contribution < 1.29 is 19.1 Å². The summed E-state index contributed by atoms with van der Waals surface area (Å²) < 4.78 is 10.9. The number of amides is 3. The van der Waals surface area contributed by atoms with Gasteiger partial charge in [0, 0.05) is 62.4 Å². The van der Waals surface area contributed by atoms with E-state index in [-0.39, 0.29) is 23.9 Å². The Morgan fingerprint density at radius 2 is 1.75 bits per heavy atom. The lowest BCUT2D eigenvalue weighted by Crippen LogP contribution is -2.45. The first kappa shape index (κ1) is 38.0. The average molecular weight is 802 g/mol. The molecule has 4 heterocycles.